The van der Waals surface area contributed by atoms with Crippen LogP contribution in [0.4, 0.5) is 0 Å². The van der Waals surface area contributed by atoms with E-state index in [0.29, 0.717) is 6.04 Å². The van der Waals surface area contributed by atoms with Gasteiger partial charge >= 0.3 is 0 Å². The smallest absolute Gasteiger partial charge is 0.0292 e. The molecule has 17 heavy (non-hydrogen) atoms. The molecule has 0 saturated carbocycles. The van der Waals surface area contributed by atoms with Gasteiger partial charge in [-0.1, -0.05) is 40.2 Å². The summed E-state index contributed by atoms with van der Waals surface area (Å²) >= 11 is 3.52. The average Bonchev–Trinajstić information content (AvgIpc) is 2.37. The van der Waals surface area contributed by atoms with E-state index in [-0.39, 0.29) is 0 Å². The van der Waals surface area contributed by atoms with E-state index in [9.17, 15) is 0 Å². The van der Waals surface area contributed by atoms with Crippen molar-refractivity contribution < 1.29 is 0 Å². The van der Waals surface area contributed by atoms with Crippen LogP contribution in [0.3, 0.4) is 0 Å². The van der Waals surface area contributed by atoms with Gasteiger partial charge in [-0.25, -0.2) is 0 Å². The highest BCUT2D eigenvalue weighted by atomic mass is 79.9. The summed E-state index contributed by atoms with van der Waals surface area (Å²) < 4.78 is 1.16. The zero-order valence-corrected chi connectivity index (χ0v) is 11.9. The van der Waals surface area contributed by atoms with Crippen LogP contribution in [0.1, 0.15) is 37.8 Å². The first-order chi connectivity index (χ1) is 8.25. The molecule has 1 aliphatic carbocycles. The lowest BCUT2D eigenvalue weighted by molar-refractivity contribution is 0.415. The van der Waals surface area contributed by atoms with Crippen LogP contribution in [-0.4, -0.2) is 6.54 Å². The van der Waals surface area contributed by atoms with Gasteiger partial charge in [-0.2, -0.15) is 0 Å². The maximum absolute atomic E-state index is 3.64. The fourth-order valence-corrected chi connectivity index (χ4v) is 2.70. The molecule has 0 spiro atoms. The number of halogens is 1. The van der Waals surface area contributed by atoms with Gasteiger partial charge in [0.2, 0.25) is 0 Å². The first-order valence-electron chi connectivity index (χ1n) is 6.39. The quantitative estimate of drug-likeness (QED) is 0.809. The highest BCUT2D eigenvalue weighted by molar-refractivity contribution is 9.10. The molecule has 1 aromatic carbocycles. The summed E-state index contributed by atoms with van der Waals surface area (Å²) in [6.07, 6.45) is 8.43. The maximum Gasteiger partial charge on any atom is 0.0292 e. The van der Waals surface area contributed by atoms with Crippen molar-refractivity contribution in [3.8, 4) is 0 Å². The molecule has 0 aromatic heterocycles. The molecule has 1 nitrogen and oxygen atoms in total. The minimum atomic E-state index is 0.429. The molecule has 2 heteroatoms. The monoisotopic (exact) mass is 293 g/mol. The van der Waals surface area contributed by atoms with Crippen molar-refractivity contribution in [2.45, 2.75) is 32.2 Å². The topological polar surface area (TPSA) is 12.0 Å². The van der Waals surface area contributed by atoms with Crippen LogP contribution >= 0.6 is 15.9 Å². The predicted octanol–water partition coefficient (Wildman–Crippen LogP) is 4.46. The SMILES string of the molecule is C[C@@H](NCC1CC=CCC1)c1cccc(Br)c1. The molecule has 0 bridgehead atoms. The molecule has 92 valence electrons. The fraction of sp³-hybridized carbons (Fsp3) is 0.467. The van der Waals surface area contributed by atoms with Gasteiger partial charge < -0.3 is 5.32 Å². The Kier molecular flexibility index (Phi) is 4.81. The average molecular weight is 294 g/mol. The van der Waals surface area contributed by atoms with Gasteiger partial charge in [-0.15, -0.1) is 0 Å². The summed E-state index contributed by atoms with van der Waals surface area (Å²) in [7, 11) is 0. The molecule has 0 heterocycles. The minimum absolute atomic E-state index is 0.429. The van der Waals surface area contributed by atoms with Crippen molar-refractivity contribution in [1.29, 1.82) is 0 Å². The second kappa shape index (κ2) is 6.36. The Labute approximate surface area is 112 Å². The van der Waals surface area contributed by atoms with E-state index < -0.39 is 0 Å². The zero-order valence-electron chi connectivity index (χ0n) is 10.3. The second-order valence-electron chi connectivity index (χ2n) is 4.84. The number of hydrogen-bond donors (Lipinski definition) is 1. The number of benzene rings is 1. The third-order valence-electron chi connectivity index (χ3n) is 3.44. The van der Waals surface area contributed by atoms with Gasteiger partial charge in [0.25, 0.3) is 0 Å². The standard InChI is InChI=1S/C15H20BrN/c1-12(14-8-5-9-15(16)10-14)17-11-13-6-3-2-4-7-13/h2-3,5,8-10,12-13,17H,4,6-7,11H2,1H3/t12-,13?/m1/s1. The van der Waals surface area contributed by atoms with Crippen LogP contribution in [0.2, 0.25) is 0 Å². The summed E-state index contributed by atoms with van der Waals surface area (Å²) in [6.45, 7) is 3.36. The zero-order chi connectivity index (χ0) is 12.1. The van der Waals surface area contributed by atoms with Crippen molar-refractivity contribution in [3.05, 3.63) is 46.5 Å². The lowest BCUT2D eigenvalue weighted by Gasteiger charge is -2.21. The predicted molar refractivity (Wildman–Crippen MR) is 77.0 cm³/mol. The van der Waals surface area contributed by atoms with Crippen molar-refractivity contribution in [3.63, 3.8) is 0 Å². The molecule has 0 radical (unpaired) electrons. The van der Waals surface area contributed by atoms with Crippen molar-refractivity contribution >= 4 is 15.9 Å². The molecule has 1 aromatic rings. The highest BCUT2D eigenvalue weighted by Crippen LogP contribution is 2.20. The summed E-state index contributed by atoms with van der Waals surface area (Å²) in [5, 5.41) is 3.64. The molecule has 2 atom stereocenters. The van der Waals surface area contributed by atoms with E-state index in [4.69, 9.17) is 0 Å². The normalized spacial score (nSPS) is 21.4. The van der Waals surface area contributed by atoms with E-state index in [2.05, 4.69) is 64.6 Å². The van der Waals surface area contributed by atoms with E-state index in [0.717, 1.165) is 16.9 Å². The van der Waals surface area contributed by atoms with Crippen LogP contribution in [0.5, 0.6) is 0 Å². The van der Waals surface area contributed by atoms with Gasteiger partial charge in [0.15, 0.2) is 0 Å². The molecule has 2 rings (SSSR count). The van der Waals surface area contributed by atoms with Crippen LogP contribution in [0, 0.1) is 5.92 Å². The Morgan fingerprint density at radius 1 is 1.41 bits per heavy atom. The van der Waals surface area contributed by atoms with Crippen molar-refractivity contribution in [1.82, 2.24) is 5.32 Å². The molecule has 1 unspecified atom stereocenters. The second-order valence-corrected chi connectivity index (χ2v) is 5.75. The Morgan fingerprint density at radius 3 is 3.00 bits per heavy atom. The Bertz CT molecular complexity index is 386. The fourth-order valence-electron chi connectivity index (χ4n) is 2.28. The van der Waals surface area contributed by atoms with Crippen LogP contribution < -0.4 is 5.32 Å². The summed E-state index contributed by atoms with van der Waals surface area (Å²) in [5.41, 5.74) is 1.35. The molecule has 0 fully saturated rings. The molecular weight excluding hydrogens is 274 g/mol. The third-order valence-corrected chi connectivity index (χ3v) is 3.93. The van der Waals surface area contributed by atoms with Crippen molar-refractivity contribution in [2.75, 3.05) is 6.54 Å². The van der Waals surface area contributed by atoms with Gasteiger partial charge in [0.05, 0.1) is 0 Å². The van der Waals surface area contributed by atoms with Crippen LogP contribution in [0.15, 0.2) is 40.9 Å². The Morgan fingerprint density at radius 2 is 2.29 bits per heavy atom. The first kappa shape index (κ1) is 12.8. The summed E-state index contributed by atoms with van der Waals surface area (Å²) in [4.78, 5) is 0. The van der Waals surface area contributed by atoms with Crippen molar-refractivity contribution in [2.24, 2.45) is 5.92 Å². The van der Waals surface area contributed by atoms with Crippen LogP contribution in [0.25, 0.3) is 0 Å². The van der Waals surface area contributed by atoms with E-state index in [1.54, 1.807) is 0 Å². The number of rotatable bonds is 4. The number of nitrogens with one attached hydrogen (secondary N) is 1. The number of hydrogen-bond acceptors (Lipinski definition) is 1. The Hall–Kier alpha value is -0.600. The van der Waals surface area contributed by atoms with Crippen LogP contribution in [-0.2, 0) is 0 Å². The van der Waals surface area contributed by atoms with Gasteiger partial charge in [-0.3, -0.25) is 0 Å². The summed E-state index contributed by atoms with van der Waals surface area (Å²) in [5.74, 6) is 0.814. The lowest BCUT2D eigenvalue weighted by atomic mass is 9.94. The van der Waals surface area contributed by atoms with E-state index >= 15 is 0 Å². The van der Waals surface area contributed by atoms with E-state index in [1.165, 1.54) is 24.8 Å². The van der Waals surface area contributed by atoms with Gasteiger partial charge in [-0.05, 0) is 56.3 Å². The molecule has 0 amide bonds. The maximum atomic E-state index is 3.64. The van der Waals surface area contributed by atoms with Gasteiger partial charge in [0, 0.05) is 10.5 Å². The molecule has 0 aliphatic heterocycles. The lowest BCUT2D eigenvalue weighted by Crippen LogP contribution is -2.26. The highest BCUT2D eigenvalue weighted by Gasteiger charge is 2.12. The molecule has 1 aliphatic rings. The minimum Gasteiger partial charge on any atom is -0.310 e. The number of allylic oxidation sites excluding steroid dienone is 2. The van der Waals surface area contributed by atoms with Gasteiger partial charge in [0.1, 0.15) is 0 Å². The largest absolute Gasteiger partial charge is 0.310 e. The molecule has 1 N–H and O–H groups in total. The molecular formula is C15H20BrN. The summed E-state index contributed by atoms with van der Waals surface area (Å²) in [6, 6.07) is 8.98. The first-order valence-corrected chi connectivity index (χ1v) is 7.19. The van der Waals surface area contributed by atoms with E-state index in [1.807, 2.05) is 0 Å². The Balaban J connectivity index is 1.84. The molecule has 0 saturated heterocycles. The third kappa shape index (κ3) is 3.97.